The Morgan fingerprint density at radius 1 is 0.652 bits per heavy atom. The summed E-state index contributed by atoms with van der Waals surface area (Å²) in [5, 5.41) is 76.5. The van der Waals surface area contributed by atoms with Crippen molar-refractivity contribution in [3.63, 3.8) is 0 Å². The number of hydrogen-bond donors (Lipinski definition) is 8. The van der Waals surface area contributed by atoms with Crippen LogP contribution in [0.2, 0.25) is 0 Å². The summed E-state index contributed by atoms with van der Waals surface area (Å²) in [5.74, 6) is 0. The van der Waals surface area contributed by atoms with E-state index in [1.54, 1.807) is 0 Å². The number of rotatable bonds is 4. The molecule has 0 saturated carbocycles. The molecular formula is C12H22O11. The van der Waals surface area contributed by atoms with Gasteiger partial charge in [-0.1, -0.05) is 0 Å². The molecule has 2 aliphatic heterocycles. The smallest absolute Gasteiger partial charge is 0.187 e. The quantitative estimate of drug-likeness (QED) is 0.243. The van der Waals surface area contributed by atoms with Crippen molar-refractivity contribution in [3.05, 3.63) is 0 Å². The van der Waals surface area contributed by atoms with Crippen LogP contribution < -0.4 is 0 Å². The third-order valence-corrected chi connectivity index (χ3v) is 3.98. The highest BCUT2D eigenvalue weighted by molar-refractivity contribution is 4.93. The van der Waals surface area contributed by atoms with Gasteiger partial charge in [0.15, 0.2) is 12.6 Å². The molecule has 0 aliphatic carbocycles. The van der Waals surface area contributed by atoms with Gasteiger partial charge in [0.05, 0.1) is 13.2 Å². The van der Waals surface area contributed by atoms with Crippen molar-refractivity contribution in [2.45, 2.75) is 61.4 Å². The van der Waals surface area contributed by atoms with Crippen LogP contribution in [-0.4, -0.2) is 115 Å². The average molecular weight is 342 g/mol. The molecule has 0 unspecified atom stereocenters. The fourth-order valence-corrected chi connectivity index (χ4v) is 2.57. The summed E-state index contributed by atoms with van der Waals surface area (Å²) in [6, 6.07) is 0. The van der Waals surface area contributed by atoms with Crippen LogP contribution in [0.5, 0.6) is 0 Å². The molecule has 2 fully saturated rings. The number of hydrogen-bond acceptors (Lipinski definition) is 11. The van der Waals surface area contributed by atoms with Gasteiger partial charge in [-0.25, -0.2) is 0 Å². The molecule has 2 aliphatic rings. The monoisotopic (exact) mass is 342 g/mol. The first-order valence-electron chi connectivity index (χ1n) is 7.08. The first-order valence-corrected chi connectivity index (χ1v) is 7.08. The van der Waals surface area contributed by atoms with E-state index in [0.29, 0.717) is 0 Å². The second-order valence-electron chi connectivity index (χ2n) is 5.53. The molecule has 11 heteroatoms. The zero-order valence-electron chi connectivity index (χ0n) is 12.0. The second-order valence-corrected chi connectivity index (χ2v) is 5.53. The van der Waals surface area contributed by atoms with E-state index in [9.17, 15) is 35.7 Å². The molecule has 0 aromatic rings. The van der Waals surface area contributed by atoms with Gasteiger partial charge in [-0.15, -0.1) is 0 Å². The molecule has 0 bridgehead atoms. The van der Waals surface area contributed by atoms with Crippen LogP contribution in [0, 0.1) is 0 Å². The Kier molecular flexibility index (Phi) is 6.27. The number of aliphatic hydroxyl groups excluding tert-OH is 8. The Morgan fingerprint density at radius 3 is 1.83 bits per heavy atom. The van der Waals surface area contributed by atoms with Crippen LogP contribution >= 0.6 is 0 Å². The van der Waals surface area contributed by atoms with Crippen molar-refractivity contribution >= 4 is 0 Å². The molecule has 0 aromatic carbocycles. The summed E-state index contributed by atoms with van der Waals surface area (Å²) in [5.41, 5.74) is 0. The molecular weight excluding hydrogens is 320 g/mol. The third kappa shape index (κ3) is 3.65. The first kappa shape index (κ1) is 18.9. The Balaban J connectivity index is 2.11. The predicted octanol–water partition coefficient (Wildman–Crippen LogP) is -5.40. The molecule has 0 aromatic heterocycles. The third-order valence-electron chi connectivity index (χ3n) is 3.98. The van der Waals surface area contributed by atoms with Crippen LogP contribution in [0.1, 0.15) is 0 Å². The lowest BCUT2D eigenvalue weighted by Gasteiger charge is -2.45. The van der Waals surface area contributed by atoms with Crippen LogP contribution in [-0.2, 0) is 14.2 Å². The van der Waals surface area contributed by atoms with Gasteiger partial charge in [0, 0.05) is 0 Å². The molecule has 8 N–H and O–H groups in total. The van der Waals surface area contributed by atoms with E-state index in [-0.39, 0.29) is 0 Å². The normalized spacial score (nSPS) is 51.7. The summed E-state index contributed by atoms with van der Waals surface area (Å²) in [7, 11) is 0. The van der Waals surface area contributed by atoms with Gasteiger partial charge >= 0.3 is 0 Å². The summed E-state index contributed by atoms with van der Waals surface area (Å²) < 4.78 is 15.3. The van der Waals surface area contributed by atoms with Gasteiger partial charge in [0.25, 0.3) is 0 Å². The number of aliphatic hydroxyl groups is 8. The average Bonchev–Trinajstić information content (AvgIpc) is 2.55. The second kappa shape index (κ2) is 7.63. The van der Waals surface area contributed by atoms with Crippen LogP contribution in [0.25, 0.3) is 0 Å². The van der Waals surface area contributed by atoms with Crippen LogP contribution in [0.3, 0.4) is 0 Å². The first-order chi connectivity index (χ1) is 10.8. The summed E-state index contributed by atoms with van der Waals surface area (Å²) in [6.07, 6.45) is -15.6. The van der Waals surface area contributed by atoms with E-state index in [0.717, 1.165) is 0 Å². The zero-order valence-corrected chi connectivity index (χ0v) is 12.0. The summed E-state index contributed by atoms with van der Waals surface area (Å²) >= 11 is 0. The molecule has 10 atom stereocenters. The largest absolute Gasteiger partial charge is 0.394 e. The molecule has 23 heavy (non-hydrogen) atoms. The number of ether oxygens (including phenoxy) is 3. The van der Waals surface area contributed by atoms with Crippen molar-refractivity contribution in [1.29, 1.82) is 0 Å². The Hall–Kier alpha value is -0.440. The van der Waals surface area contributed by atoms with Crippen molar-refractivity contribution < 1.29 is 55.1 Å². The lowest BCUT2D eigenvalue weighted by atomic mass is 9.97. The molecule has 0 radical (unpaired) electrons. The predicted molar refractivity (Wildman–Crippen MR) is 68.6 cm³/mol. The maximum atomic E-state index is 9.94. The van der Waals surface area contributed by atoms with Gasteiger partial charge in [-0.05, 0) is 0 Å². The lowest BCUT2D eigenvalue weighted by molar-refractivity contribution is -0.355. The molecule has 0 amide bonds. The molecule has 0 spiro atoms. The SMILES string of the molecule is OC[C@@H]1O[C@H](O[C@H]2[C@@H](O)[C@H](O)[C@H](O)O[C@H]2CO)[C@@H](O)[C@H](O)[C@H]1O. The van der Waals surface area contributed by atoms with Crippen molar-refractivity contribution in [2.75, 3.05) is 13.2 Å². The maximum Gasteiger partial charge on any atom is 0.187 e. The van der Waals surface area contributed by atoms with Crippen molar-refractivity contribution in [3.8, 4) is 0 Å². The van der Waals surface area contributed by atoms with Crippen molar-refractivity contribution in [2.24, 2.45) is 0 Å². The van der Waals surface area contributed by atoms with Gasteiger partial charge in [0.2, 0.25) is 0 Å². The molecule has 11 nitrogen and oxygen atoms in total. The van der Waals surface area contributed by atoms with E-state index < -0.39 is 74.6 Å². The van der Waals surface area contributed by atoms with E-state index in [4.69, 9.17) is 19.3 Å². The Bertz CT molecular complexity index is 378. The molecule has 2 rings (SSSR count). The zero-order chi connectivity index (χ0) is 17.3. The van der Waals surface area contributed by atoms with Crippen LogP contribution in [0.4, 0.5) is 0 Å². The van der Waals surface area contributed by atoms with Gasteiger partial charge in [0.1, 0.15) is 48.8 Å². The fraction of sp³-hybridized carbons (Fsp3) is 1.00. The van der Waals surface area contributed by atoms with Gasteiger partial charge < -0.3 is 55.1 Å². The van der Waals surface area contributed by atoms with E-state index in [1.165, 1.54) is 0 Å². The maximum absolute atomic E-state index is 9.94. The molecule has 2 heterocycles. The van der Waals surface area contributed by atoms with Gasteiger partial charge in [-0.2, -0.15) is 0 Å². The Labute approximate surface area is 130 Å². The lowest BCUT2D eigenvalue weighted by Crippen LogP contribution is -2.64. The van der Waals surface area contributed by atoms with Crippen molar-refractivity contribution in [1.82, 2.24) is 0 Å². The summed E-state index contributed by atoms with van der Waals surface area (Å²) in [6.45, 7) is -1.35. The minimum atomic E-state index is -1.74. The molecule has 136 valence electrons. The minimum Gasteiger partial charge on any atom is -0.394 e. The van der Waals surface area contributed by atoms with Crippen LogP contribution in [0.15, 0.2) is 0 Å². The highest BCUT2D eigenvalue weighted by Gasteiger charge is 2.50. The highest BCUT2D eigenvalue weighted by atomic mass is 16.7. The standard InChI is InChI=1S/C12H22O11/c13-1-3-5(15)6(16)9(19)12(22-3)23-10-4(2-14)21-11(20)8(18)7(10)17/h3-20H,1-2H2/t3-,4-,5-,6+,7-,8-,9-,10+,11+,12+/m0/s1. The van der Waals surface area contributed by atoms with E-state index >= 15 is 0 Å². The van der Waals surface area contributed by atoms with Gasteiger partial charge in [-0.3, -0.25) is 0 Å². The topological polar surface area (TPSA) is 190 Å². The fourth-order valence-electron chi connectivity index (χ4n) is 2.57. The summed E-state index contributed by atoms with van der Waals surface area (Å²) in [4.78, 5) is 0. The van der Waals surface area contributed by atoms with E-state index in [1.807, 2.05) is 0 Å². The minimum absolute atomic E-state index is 0.667. The van der Waals surface area contributed by atoms with E-state index in [2.05, 4.69) is 0 Å². The molecule has 2 saturated heterocycles. The highest BCUT2D eigenvalue weighted by Crippen LogP contribution is 2.28. The Morgan fingerprint density at radius 2 is 1.26 bits per heavy atom.